The Hall–Kier alpha value is -1.53. The minimum Gasteiger partial charge on any atom is -0.381 e. The molecule has 0 saturated carbocycles. The average molecular weight is 364 g/mol. The van der Waals surface area contributed by atoms with Crippen LogP contribution < -0.4 is 0 Å². The van der Waals surface area contributed by atoms with Crippen LogP contribution in [0.4, 0.5) is 8.78 Å². The van der Waals surface area contributed by atoms with Crippen LogP contribution >= 0.6 is 0 Å². The molecule has 0 N–H and O–H groups in total. The van der Waals surface area contributed by atoms with Crippen molar-refractivity contribution in [2.75, 3.05) is 32.8 Å². The van der Waals surface area contributed by atoms with E-state index in [1.54, 1.807) is 6.07 Å². The normalized spacial score (nSPS) is 24.5. The van der Waals surface area contributed by atoms with E-state index < -0.39 is 11.6 Å². The number of ether oxygens (including phenoxy) is 1. The molecule has 0 bridgehead atoms. The molecule has 3 aliphatic heterocycles. The number of carbonyl (C=O) groups is 1. The van der Waals surface area contributed by atoms with Gasteiger partial charge < -0.3 is 14.5 Å². The second kappa shape index (κ2) is 7.24. The Morgan fingerprint density at radius 2 is 1.85 bits per heavy atom. The van der Waals surface area contributed by atoms with Crippen LogP contribution in [0.15, 0.2) is 18.2 Å². The predicted octanol–water partition coefficient (Wildman–Crippen LogP) is 2.96. The predicted molar refractivity (Wildman–Crippen MR) is 93.5 cm³/mol. The smallest absolute Gasteiger partial charge is 0.223 e. The maximum absolute atomic E-state index is 13.4. The fourth-order valence-corrected chi connectivity index (χ4v) is 4.73. The van der Waals surface area contributed by atoms with Gasteiger partial charge in [-0.2, -0.15) is 0 Å². The van der Waals surface area contributed by atoms with Crippen molar-refractivity contribution in [3.63, 3.8) is 0 Å². The summed E-state index contributed by atoms with van der Waals surface area (Å²) in [7, 11) is 0. The fourth-order valence-electron chi connectivity index (χ4n) is 4.73. The number of nitrogens with zero attached hydrogens (tertiary/aromatic N) is 2. The summed E-state index contributed by atoms with van der Waals surface area (Å²) in [6.07, 6.45) is 4.86. The maximum atomic E-state index is 13.4. The van der Waals surface area contributed by atoms with Gasteiger partial charge in [0.1, 0.15) is 0 Å². The van der Waals surface area contributed by atoms with E-state index in [-0.39, 0.29) is 11.3 Å². The summed E-state index contributed by atoms with van der Waals surface area (Å²) in [5.41, 5.74) is 0.700. The van der Waals surface area contributed by atoms with Gasteiger partial charge in [-0.05, 0) is 61.9 Å². The van der Waals surface area contributed by atoms with Crippen molar-refractivity contribution in [1.29, 1.82) is 0 Å². The second-order valence-electron chi connectivity index (χ2n) is 8.05. The summed E-state index contributed by atoms with van der Waals surface area (Å²) in [5, 5.41) is 0. The molecule has 0 aliphatic carbocycles. The molecule has 142 valence electrons. The van der Waals surface area contributed by atoms with Crippen LogP contribution in [0.5, 0.6) is 0 Å². The van der Waals surface area contributed by atoms with Gasteiger partial charge in [-0.1, -0.05) is 6.07 Å². The second-order valence-corrected chi connectivity index (χ2v) is 8.05. The van der Waals surface area contributed by atoms with Crippen LogP contribution in [0, 0.1) is 17.0 Å². The number of halogens is 2. The molecule has 6 heteroatoms. The van der Waals surface area contributed by atoms with Crippen LogP contribution in [0.1, 0.15) is 37.7 Å². The average Bonchev–Trinajstić information content (AvgIpc) is 2.94. The summed E-state index contributed by atoms with van der Waals surface area (Å²) in [6.45, 7) is 4.88. The van der Waals surface area contributed by atoms with Gasteiger partial charge in [0.25, 0.3) is 0 Å². The number of carbonyl (C=O) groups excluding carboxylic acids is 1. The number of piperidine rings is 1. The monoisotopic (exact) mass is 364 g/mol. The zero-order chi connectivity index (χ0) is 18.1. The van der Waals surface area contributed by atoms with Crippen molar-refractivity contribution in [3.8, 4) is 0 Å². The molecular formula is C20H26F2N2O2. The highest BCUT2D eigenvalue weighted by Crippen LogP contribution is 2.42. The minimum absolute atomic E-state index is 0.0529. The van der Waals surface area contributed by atoms with Crippen LogP contribution in [0.3, 0.4) is 0 Å². The van der Waals surface area contributed by atoms with Gasteiger partial charge in [0.2, 0.25) is 5.91 Å². The van der Waals surface area contributed by atoms with Gasteiger partial charge in [0, 0.05) is 38.8 Å². The molecule has 1 spiro atoms. The molecule has 0 unspecified atom stereocenters. The summed E-state index contributed by atoms with van der Waals surface area (Å²) >= 11 is 0. The first-order valence-corrected chi connectivity index (χ1v) is 9.58. The first kappa shape index (κ1) is 17.9. The Balaban J connectivity index is 1.36. The van der Waals surface area contributed by atoms with Crippen molar-refractivity contribution in [2.24, 2.45) is 5.41 Å². The van der Waals surface area contributed by atoms with E-state index in [4.69, 9.17) is 4.74 Å². The van der Waals surface area contributed by atoms with Gasteiger partial charge in [-0.3, -0.25) is 4.79 Å². The van der Waals surface area contributed by atoms with E-state index >= 15 is 0 Å². The van der Waals surface area contributed by atoms with Crippen LogP contribution in [0.25, 0.3) is 0 Å². The van der Waals surface area contributed by atoms with E-state index in [0.717, 1.165) is 64.6 Å². The molecule has 1 aromatic carbocycles. The van der Waals surface area contributed by atoms with Gasteiger partial charge >= 0.3 is 0 Å². The van der Waals surface area contributed by atoms with Crippen molar-refractivity contribution < 1.29 is 18.3 Å². The Labute approximate surface area is 153 Å². The van der Waals surface area contributed by atoms with Crippen LogP contribution in [-0.4, -0.2) is 54.6 Å². The molecule has 4 rings (SSSR count). The van der Waals surface area contributed by atoms with Gasteiger partial charge in [0.05, 0.1) is 0 Å². The lowest BCUT2D eigenvalue weighted by molar-refractivity contribution is -0.128. The van der Waals surface area contributed by atoms with E-state index in [1.165, 1.54) is 6.07 Å². The Bertz CT molecular complexity index is 668. The lowest BCUT2D eigenvalue weighted by Crippen LogP contribution is -2.47. The van der Waals surface area contributed by atoms with E-state index in [0.29, 0.717) is 24.6 Å². The summed E-state index contributed by atoms with van der Waals surface area (Å²) in [5.74, 6) is -1.57. The van der Waals surface area contributed by atoms with Crippen molar-refractivity contribution in [2.45, 2.75) is 44.7 Å². The number of likely N-dealkylation sites (tertiary alicyclic amines) is 2. The number of amides is 1. The summed E-state index contributed by atoms with van der Waals surface area (Å²) < 4.78 is 32.0. The standard InChI is InChI=1S/C20H26F2N2O2/c21-17-2-1-15(11-18(17)22)13-24-14-20(12-19(24)25)5-7-23(8-6-20)16-3-9-26-10-4-16/h1-2,11,16H,3-10,12-14H2. The van der Waals surface area contributed by atoms with E-state index in [2.05, 4.69) is 4.90 Å². The summed E-state index contributed by atoms with van der Waals surface area (Å²) in [6, 6.07) is 4.51. The Kier molecular flexibility index (Phi) is 4.97. The van der Waals surface area contributed by atoms with Gasteiger partial charge in [-0.15, -0.1) is 0 Å². The van der Waals surface area contributed by atoms with Crippen LogP contribution in [-0.2, 0) is 16.1 Å². The number of hydrogen-bond acceptors (Lipinski definition) is 3. The van der Waals surface area contributed by atoms with Crippen molar-refractivity contribution in [1.82, 2.24) is 9.80 Å². The number of benzene rings is 1. The van der Waals surface area contributed by atoms with Gasteiger partial charge in [0.15, 0.2) is 11.6 Å². The molecule has 26 heavy (non-hydrogen) atoms. The first-order chi connectivity index (χ1) is 12.5. The fraction of sp³-hybridized carbons (Fsp3) is 0.650. The highest BCUT2D eigenvalue weighted by molar-refractivity contribution is 5.79. The molecule has 1 amide bonds. The zero-order valence-corrected chi connectivity index (χ0v) is 15.1. The zero-order valence-electron chi connectivity index (χ0n) is 15.1. The largest absolute Gasteiger partial charge is 0.381 e. The molecule has 0 aromatic heterocycles. The third kappa shape index (κ3) is 3.62. The lowest BCUT2D eigenvalue weighted by atomic mass is 9.77. The number of rotatable bonds is 3. The minimum atomic E-state index is -0.853. The van der Waals surface area contributed by atoms with Crippen LogP contribution in [0.2, 0.25) is 0 Å². The molecule has 3 aliphatic rings. The molecule has 3 saturated heterocycles. The Morgan fingerprint density at radius 1 is 1.12 bits per heavy atom. The molecular weight excluding hydrogens is 338 g/mol. The third-order valence-corrected chi connectivity index (χ3v) is 6.33. The lowest BCUT2D eigenvalue weighted by Gasteiger charge is -2.43. The van der Waals surface area contributed by atoms with Gasteiger partial charge in [-0.25, -0.2) is 8.78 Å². The molecule has 4 nitrogen and oxygen atoms in total. The van der Waals surface area contributed by atoms with E-state index in [1.807, 2.05) is 4.90 Å². The van der Waals surface area contributed by atoms with E-state index in [9.17, 15) is 13.6 Å². The molecule has 3 fully saturated rings. The first-order valence-electron chi connectivity index (χ1n) is 9.58. The molecule has 3 heterocycles. The summed E-state index contributed by atoms with van der Waals surface area (Å²) in [4.78, 5) is 16.9. The third-order valence-electron chi connectivity index (χ3n) is 6.33. The highest BCUT2D eigenvalue weighted by atomic mass is 19.2. The molecule has 0 atom stereocenters. The van der Waals surface area contributed by atoms with Crippen molar-refractivity contribution in [3.05, 3.63) is 35.4 Å². The SMILES string of the molecule is O=C1CC2(CCN(C3CCOCC3)CC2)CN1Cc1ccc(F)c(F)c1. The number of hydrogen-bond donors (Lipinski definition) is 0. The highest BCUT2D eigenvalue weighted by Gasteiger charge is 2.45. The Morgan fingerprint density at radius 3 is 2.54 bits per heavy atom. The maximum Gasteiger partial charge on any atom is 0.223 e. The quantitative estimate of drug-likeness (QED) is 0.827. The topological polar surface area (TPSA) is 32.8 Å². The molecule has 0 radical (unpaired) electrons. The van der Waals surface area contributed by atoms with Crippen molar-refractivity contribution >= 4 is 5.91 Å². The molecule has 1 aromatic rings.